The summed E-state index contributed by atoms with van der Waals surface area (Å²) in [6.45, 7) is 2.22. The number of ether oxygens (including phenoxy) is 2. The maximum absolute atomic E-state index is 5.46. The SMILES string of the molecule is CNCCOCc1ccc(OC)c(Br)c1. The number of rotatable bonds is 6. The van der Waals surface area contributed by atoms with Gasteiger partial charge in [0.05, 0.1) is 24.8 Å². The van der Waals surface area contributed by atoms with Gasteiger partial charge in [-0.05, 0) is 40.7 Å². The quantitative estimate of drug-likeness (QED) is 0.807. The molecule has 0 saturated carbocycles. The van der Waals surface area contributed by atoms with Crippen LogP contribution in [0.25, 0.3) is 0 Å². The molecule has 3 nitrogen and oxygen atoms in total. The van der Waals surface area contributed by atoms with Gasteiger partial charge in [0.15, 0.2) is 0 Å². The molecule has 84 valence electrons. The van der Waals surface area contributed by atoms with Gasteiger partial charge in [-0.3, -0.25) is 0 Å². The molecule has 0 aliphatic carbocycles. The highest BCUT2D eigenvalue weighted by molar-refractivity contribution is 9.10. The van der Waals surface area contributed by atoms with Gasteiger partial charge in [0.1, 0.15) is 5.75 Å². The highest BCUT2D eigenvalue weighted by Crippen LogP contribution is 2.25. The van der Waals surface area contributed by atoms with Gasteiger partial charge >= 0.3 is 0 Å². The summed E-state index contributed by atoms with van der Waals surface area (Å²) in [6, 6.07) is 5.95. The second-order valence-electron chi connectivity index (χ2n) is 3.13. The van der Waals surface area contributed by atoms with Crippen LogP contribution in [0, 0.1) is 0 Å². The van der Waals surface area contributed by atoms with E-state index in [0.717, 1.165) is 28.9 Å². The number of hydrogen-bond donors (Lipinski definition) is 1. The Balaban J connectivity index is 2.45. The van der Waals surface area contributed by atoms with Crippen LogP contribution in [0.2, 0.25) is 0 Å². The number of halogens is 1. The fourth-order valence-corrected chi connectivity index (χ4v) is 1.75. The Morgan fingerprint density at radius 1 is 1.40 bits per heavy atom. The first kappa shape index (κ1) is 12.5. The summed E-state index contributed by atoms with van der Waals surface area (Å²) in [7, 11) is 3.57. The van der Waals surface area contributed by atoms with Gasteiger partial charge in [0, 0.05) is 6.54 Å². The monoisotopic (exact) mass is 273 g/mol. The third-order valence-corrected chi connectivity index (χ3v) is 2.60. The van der Waals surface area contributed by atoms with Crippen LogP contribution in [0.1, 0.15) is 5.56 Å². The number of methoxy groups -OCH3 is 1. The van der Waals surface area contributed by atoms with E-state index < -0.39 is 0 Å². The highest BCUT2D eigenvalue weighted by atomic mass is 79.9. The molecule has 0 bridgehead atoms. The van der Waals surface area contributed by atoms with Crippen molar-refractivity contribution in [3.8, 4) is 5.75 Å². The minimum atomic E-state index is 0.629. The second kappa shape index (κ2) is 6.82. The predicted molar refractivity (Wildman–Crippen MR) is 64.3 cm³/mol. The van der Waals surface area contributed by atoms with Crippen LogP contribution in [-0.2, 0) is 11.3 Å². The molecule has 0 fully saturated rings. The number of nitrogens with one attached hydrogen (secondary N) is 1. The number of benzene rings is 1. The van der Waals surface area contributed by atoms with E-state index >= 15 is 0 Å². The smallest absolute Gasteiger partial charge is 0.133 e. The summed E-state index contributed by atoms with van der Waals surface area (Å²) in [4.78, 5) is 0. The average molecular weight is 274 g/mol. The van der Waals surface area contributed by atoms with Gasteiger partial charge in [0.25, 0.3) is 0 Å². The lowest BCUT2D eigenvalue weighted by Gasteiger charge is -2.07. The third kappa shape index (κ3) is 4.20. The summed E-state index contributed by atoms with van der Waals surface area (Å²) in [5.41, 5.74) is 1.14. The van der Waals surface area contributed by atoms with Gasteiger partial charge in [-0.15, -0.1) is 0 Å². The zero-order valence-electron chi connectivity index (χ0n) is 9.05. The van der Waals surface area contributed by atoms with E-state index in [2.05, 4.69) is 21.2 Å². The van der Waals surface area contributed by atoms with E-state index in [1.807, 2.05) is 25.2 Å². The molecular weight excluding hydrogens is 258 g/mol. The van der Waals surface area contributed by atoms with Crippen LogP contribution in [-0.4, -0.2) is 27.3 Å². The minimum Gasteiger partial charge on any atom is -0.496 e. The predicted octanol–water partition coefficient (Wildman–Crippen LogP) is 2.19. The van der Waals surface area contributed by atoms with Gasteiger partial charge in [0.2, 0.25) is 0 Å². The molecule has 1 N–H and O–H groups in total. The van der Waals surface area contributed by atoms with Crippen LogP contribution < -0.4 is 10.1 Å². The largest absolute Gasteiger partial charge is 0.496 e. The first-order valence-corrected chi connectivity index (χ1v) is 5.62. The summed E-state index contributed by atoms with van der Waals surface area (Å²) in [6.07, 6.45) is 0. The van der Waals surface area contributed by atoms with Gasteiger partial charge < -0.3 is 14.8 Å². The van der Waals surface area contributed by atoms with E-state index in [-0.39, 0.29) is 0 Å². The molecule has 0 unspecified atom stereocenters. The van der Waals surface area contributed by atoms with Crippen molar-refractivity contribution in [2.75, 3.05) is 27.3 Å². The molecule has 1 rings (SSSR count). The number of hydrogen-bond acceptors (Lipinski definition) is 3. The Morgan fingerprint density at radius 3 is 2.80 bits per heavy atom. The normalized spacial score (nSPS) is 10.3. The Kier molecular flexibility index (Phi) is 5.68. The maximum Gasteiger partial charge on any atom is 0.133 e. The molecule has 0 amide bonds. The molecule has 0 radical (unpaired) electrons. The zero-order chi connectivity index (χ0) is 11.1. The Morgan fingerprint density at radius 2 is 2.20 bits per heavy atom. The fourth-order valence-electron chi connectivity index (χ4n) is 1.16. The van der Waals surface area contributed by atoms with Crippen LogP contribution in [0.5, 0.6) is 5.75 Å². The van der Waals surface area contributed by atoms with Crippen LogP contribution in [0.4, 0.5) is 0 Å². The van der Waals surface area contributed by atoms with Crippen molar-refractivity contribution in [2.45, 2.75) is 6.61 Å². The lowest BCUT2D eigenvalue weighted by atomic mass is 10.2. The standard InChI is InChI=1S/C11H16BrNO2/c1-13-5-6-15-8-9-3-4-11(14-2)10(12)7-9/h3-4,7,13H,5-6,8H2,1-2H3. The van der Waals surface area contributed by atoms with Crippen molar-refractivity contribution >= 4 is 15.9 Å². The molecule has 0 spiro atoms. The average Bonchev–Trinajstić information content (AvgIpc) is 2.25. The fraction of sp³-hybridized carbons (Fsp3) is 0.455. The van der Waals surface area contributed by atoms with Crippen LogP contribution in [0.15, 0.2) is 22.7 Å². The van der Waals surface area contributed by atoms with Crippen molar-refractivity contribution in [3.63, 3.8) is 0 Å². The van der Waals surface area contributed by atoms with E-state index in [4.69, 9.17) is 9.47 Å². The molecule has 0 aromatic heterocycles. The molecule has 1 aromatic carbocycles. The molecule has 15 heavy (non-hydrogen) atoms. The first-order chi connectivity index (χ1) is 7.27. The Bertz CT molecular complexity index is 305. The molecule has 4 heteroatoms. The van der Waals surface area contributed by atoms with Crippen molar-refractivity contribution in [2.24, 2.45) is 0 Å². The van der Waals surface area contributed by atoms with Crippen molar-refractivity contribution in [1.82, 2.24) is 5.32 Å². The van der Waals surface area contributed by atoms with Crippen molar-refractivity contribution in [3.05, 3.63) is 28.2 Å². The van der Waals surface area contributed by atoms with Crippen LogP contribution >= 0.6 is 15.9 Å². The van der Waals surface area contributed by atoms with Crippen LogP contribution in [0.3, 0.4) is 0 Å². The minimum absolute atomic E-state index is 0.629. The van der Waals surface area contributed by atoms with Gasteiger partial charge in [-0.2, -0.15) is 0 Å². The van der Waals surface area contributed by atoms with Gasteiger partial charge in [-0.25, -0.2) is 0 Å². The zero-order valence-corrected chi connectivity index (χ0v) is 10.6. The summed E-state index contributed by atoms with van der Waals surface area (Å²) >= 11 is 3.44. The molecule has 0 atom stereocenters. The summed E-state index contributed by atoms with van der Waals surface area (Å²) < 4.78 is 11.6. The Hall–Kier alpha value is -0.580. The van der Waals surface area contributed by atoms with E-state index in [0.29, 0.717) is 6.61 Å². The summed E-state index contributed by atoms with van der Waals surface area (Å²) in [5.74, 6) is 0.842. The molecular formula is C11H16BrNO2. The Labute approximate surface area is 98.9 Å². The lowest BCUT2D eigenvalue weighted by molar-refractivity contribution is 0.124. The highest BCUT2D eigenvalue weighted by Gasteiger charge is 2.01. The molecule has 0 aliphatic rings. The molecule has 0 saturated heterocycles. The lowest BCUT2D eigenvalue weighted by Crippen LogP contribution is -2.13. The molecule has 0 aliphatic heterocycles. The van der Waals surface area contributed by atoms with E-state index in [1.165, 1.54) is 0 Å². The summed E-state index contributed by atoms with van der Waals surface area (Å²) in [5, 5.41) is 3.03. The second-order valence-corrected chi connectivity index (χ2v) is 3.98. The van der Waals surface area contributed by atoms with E-state index in [9.17, 15) is 0 Å². The van der Waals surface area contributed by atoms with Crippen molar-refractivity contribution < 1.29 is 9.47 Å². The third-order valence-electron chi connectivity index (χ3n) is 1.98. The van der Waals surface area contributed by atoms with Gasteiger partial charge in [-0.1, -0.05) is 6.07 Å². The molecule has 0 heterocycles. The topological polar surface area (TPSA) is 30.5 Å². The van der Waals surface area contributed by atoms with E-state index in [1.54, 1.807) is 7.11 Å². The van der Waals surface area contributed by atoms with Crippen molar-refractivity contribution in [1.29, 1.82) is 0 Å². The molecule has 1 aromatic rings. The first-order valence-electron chi connectivity index (χ1n) is 4.82. The maximum atomic E-state index is 5.46. The number of likely N-dealkylation sites (N-methyl/N-ethyl adjacent to an activating group) is 1.